The van der Waals surface area contributed by atoms with Gasteiger partial charge in [-0.25, -0.2) is 9.64 Å². The summed E-state index contributed by atoms with van der Waals surface area (Å²) in [4.78, 5) is 16.4. The van der Waals surface area contributed by atoms with Crippen LogP contribution < -0.4 is 9.47 Å². The van der Waals surface area contributed by atoms with Crippen LogP contribution in [-0.2, 0) is 9.47 Å². The molecule has 1 atom stereocenters. The standard InChI is InChI=1S/C34H37NO5/c1-4-34(22-38-23-34)21-37-17-7-5-6-8-18-39-27-12-9-25(10-13-27)33(36)40-28-14-16-30-29-15-11-26(35-3)19-31(29)24(2)32(30)20-28/h9-16,19-20,24H,4-8,17-18,21-23H2,1-2H3. The van der Waals surface area contributed by atoms with Gasteiger partial charge in [-0.05, 0) is 84.3 Å². The van der Waals surface area contributed by atoms with Crippen LogP contribution >= 0.6 is 0 Å². The summed E-state index contributed by atoms with van der Waals surface area (Å²) in [7, 11) is 0. The second-order valence-electron chi connectivity index (χ2n) is 10.9. The zero-order valence-corrected chi connectivity index (χ0v) is 23.4. The second-order valence-corrected chi connectivity index (χ2v) is 10.9. The molecular formula is C34H37NO5. The molecule has 1 unspecified atom stereocenters. The molecule has 6 heteroatoms. The number of fused-ring (bicyclic) bond motifs is 3. The van der Waals surface area contributed by atoms with E-state index >= 15 is 0 Å². The first-order valence-electron chi connectivity index (χ1n) is 14.3. The van der Waals surface area contributed by atoms with Crippen LogP contribution in [0.4, 0.5) is 5.69 Å². The molecule has 0 bridgehead atoms. The Balaban J connectivity index is 1.03. The Morgan fingerprint density at radius 3 is 2.27 bits per heavy atom. The Labute approximate surface area is 237 Å². The summed E-state index contributed by atoms with van der Waals surface area (Å²) < 4.78 is 22.8. The van der Waals surface area contributed by atoms with Gasteiger partial charge in [0.15, 0.2) is 5.69 Å². The monoisotopic (exact) mass is 539 g/mol. The highest BCUT2D eigenvalue weighted by Gasteiger charge is 2.36. The number of carbonyl (C=O) groups is 1. The van der Waals surface area contributed by atoms with E-state index in [1.54, 1.807) is 12.1 Å². The van der Waals surface area contributed by atoms with E-state index in [2.05, 4.69) is 18.7 Å². The van der Waals surface area contributed by atoms with E-state index in [0.717, 1.165) is 86.5 Å². The molecule has 0 radical (unpaired) electrons. The molecule has 6 nitrogen and oxygen atoms in total. The Bertz CT molecular complexity index is 1360. The second kappa shape index (κ2) is 12.7. The van der Waals surface area contributed by atoms with Gasteiger partial charge >= 0.3 is 5.97 Å². The normalized spacial score (nSPS) is 16.4. The number of esters is 1. The van der Waals surface area contributed by atoms with Crippen LogP contribution in [0.1, 0.15) is 73.4 Å². The molecule has 1 aliphatic heterocycles. The Morgan fingerprint density at radius 1 is 0.925 bits per heavy atom. The quantitative estimate of drug-likeness (QED) is 0.0954. The Hall–Kier alpha value is -3.66. The molecular weight excluding hydrogens is 502 g/mol. The number of rotatable bonds is 13. The predicted octanol–water partition coefficient (Wildman–Crippen LogP) is 7.97. The van der Waals surface area contributed by atoms with Crippen LogP contribution in [-0.4, -0.2) is 39.0 Å². The van der Waals surface area contributed by atoms with Crippen molar-refractivity contribution in [3.8, 4) is 22.6 Å². The van der Waals surface area contributed by atoms with Gasteiger partial charge in [0.25, 0.3) is 0 Å². The summed E-state index contributed by atoms with van der Waals surface area (Å²) in [6.07, 6.45) is 5.39. The molecule has 40 heavy (non-hydrogen) atoms. The Morgan fingerprint density at radius 2 is 1.60 bits per heavy atom. The van der Waals surface area contributed by atoms with Crippen molar-refractivity contribution >= 4 is 11.7 Å². The molecule has 0 N–H and O–H groups in total. The molecule has 0 saturated carbocycles. The highest BCUT2D eigenvalue weighted by Crippen LogP contribution is 2.47. The Kier molecular flexibility index (Phi) is 8.84. The van der Waals surface area contributed by atoms with E-state index in [0.29, 0.717) is 23.6 Å². The van der Waals surface area contributed by atoms with Gasteiger partial charge in [-0.2, -0.15) is 0 Å². The lowest BCUT2D eigenvalue weighted by molar-refractivity contribution is -0.150. The maximum Gasteiger partial charge on any atom is 0.343 e. The number of hydrogen-bond acceptors (Lipinski definition) is 5. The molecule has 0 aromatic heterocycles. The third-order valence-corrected chi connectivity index (χ3v) is 8.14. The number of ether oxygens (including phenoxy) is 4. The van der Waals surface area contributed by atoms with Crippen molar-refractivity contribution in [1.82, 2.24) is 0 Å². The van der Waals surface area contributed by atoms with Gasteiger partial charge in [0.1, 0.15) is 11.5 Å². The smallest absolute Gasteiger partial charge is 0.343 e. The zero-order valence-electron chi connectivity index (χ0n) is 23.4. The predicted molar refractivity (Wildman–Crippen MR) is 155 cm³/mol. The molecule has 0 amide bonds. The molecule has 1 fully saturated rings. The molecule has 3 aromatic rings. The van der Waals surface area contributed by atoms with Gasteiger partial charge in [0.2, 0.25) is 0 Å². The summed E-state index contributed by atoms with van der Waals surface area (Å²) in [5.74, 6) is 0.995. The summed E-state index contributed by atoms with van der Waals surface area (Å²) >= 11 is 0. The molecule has 0 spiro atoms. The van der Waals surface area contributed by atoms with Crippen LogP contribution in [0.25, 0.3) is 16.0 Å². The van der Waals surface area contributed by atoms with E-state index < -0.39 is 5.97 Å². The lowest BCUT2D eigenvalue weighted by Gasteiger charge is -2.40. The van der Waals surface area contributed by atoms with Crippen molar-refractivity contribution in [3.05, 3.63) is 88.8 Å². The first kappa shape index (κ1) is 27.9. The fraction of sp³-hybridized carbons (Fsp3) is 0.412. The summed E-state index contributed by atoms with van der Waals surface area (Å²) in [5, 5.41) is 0. The van der Waals surface area contributed by atoms with Crippen molar-refractivity contribution in [2.45, 2.75) is 51.9 Å². The number of hydrogen-bond donors (Lipinski definition) is 0. The minimum absolute atomic E-state index is 0.135. The van der Waals surface area contributed by atoms with Crippen LogP contribution in [0.5, 0.6) is 11.5 Å². The summed E-state index contributed by atoms with van der Waals surface area (Å²) in [6, 6.07) is 18.7. The molecule has 2 aliphatic rings. The number of carbonyl (C=O) groups excluding carboxylic acids is 1. The van der Waals surface area contributed by atoms with Gasteiger partial charge in [-0.15, -0.1) is 0 Å². The third-order valence-electron chi connectivity index (χ3n) is 8.14. The molecule has 1 saturated heterocycles. The van der Waals surface area contributed by atoms with E-state index in [1.165, 1.54) is 0 Å². The van der Waals surface area contributed by atoms with Gasteiger partial charge in [0.05, 0.1) is 38.6 Å². The minimum Gasteiger partial charge on any atom is -0.494 e. The van der Waals surface area contributed by atoms with Crippen LogP contribution in [0.2, 0.25) is 0 Å². The van der Waals surface area contributed by atoms with E-state index in [1.807, 2.05) is 48.5 Å². The molecule has 208 valence electrons. The van der Waals surface area contributed by atoms with Crippen molar-refractivity contribution in [1.29, 1.82) is 0 Å². The van der Waals surface area contributed by atoms with Crippen LogP contribution in [0.3, 0.4) is 0 Å². The molecule has 3 aromatic carbocycles. The lowest BCUT2D eigenvalue weighted by atomic mass is 9.84. The molecule has 1 aliphatic carbocycles. The fourth-order valence-electron chi connectivity index (χ4n) is 5.37. The van der Waals surface area contributed by atoms with E-state index in [4.69, 9.17) is 25.5 Å². The molecule has 1 heterocycles. The van der Waals surface area contributed by atoms with Crippen LogP contribution in [0, 0.1) is 12.0 Å². The SMILES string of the molecule is [C-]#[N+]c1ccc2c(c1)C(C)c1cc(OC(=O)c3ccc(OCCCCCCOCC4(CC)COC4)cc3)ccc1-2. The number of nitrogens with zero attached hydrogens (tertiary/aromatic N) is 1. The summed E-state index contributed by atoms with van der Waals surface area (Å²) in [5.41, 5.74) is 5.88. The van der Waals surface area contributed by atoms with E-state index in [9.17, 15) is 4.79 Å². The average molecular weight is 540 g/mol. The maximum atomic E-state index is 12.8. The van der Waals surface area contributed by atoms with Gasteiger partial charge in [-0.1, -0.05) is 44.5 Å². The van der Waals surface area contributed by atoms with Crippen molar-refractivity contribution < 1.29 is 23.7 Å². The van der Waals surface area contributed by atoms with Crippen molar-refractivity contribution in [2.75, 3.05) is 33.0 Å². The number of unbranched alkanes of at least 4 members (excludes halogenated alkanes) is 3. The lowest BCUT2D eigenvalue weighted by Crippen LogP contribution is -2.45. The first-order valence-corrected chi connectivity index (χ1v) is 14.3. The third kappa shape index (κ3) is 6.22. The van der Waals surface area contributed by atoms with Gasteiger partial charge < -0.3 is 18.9 Å². The maximum absolute atomic E-state index is 12.8. The topological polar surface area (TPSA) is 58.4 Å². The van der Waals surface area contributed by atoms with Crippen molar-refractivity contribution in [3.63, 3.8) is 0 Å². The highest BCUT2D eigenvalue weighted by molar-refractivity contribution is 5.91. The largest absolute Gasteiger partial charge is 0.494 e. The average Bonchev–Trinajstić information content (AvgIpc) is 3.24. The van der Waals surface area contributed by atoms with Gasteiger partial charge in [0, 0.05) is 17.9 Å². The molecule has 5 rings (SSSR count). The van der Waals surface area contributed by atoms with Crippen LogP contribution in [0.15, 0.2) is 60.7 Å². The minimum atomic E-state index is -0.401. The van der Waals surface area contributed by atoms with Crippen molar-refractivity contribution in [2.24, 2.45) is 5.41 Å². The van der Waals surface area contributed by atoms with Gasteiger partial charge in [-0.3, -0.25) is 0 Å². The summed E-state index contributed by atoms with van der Waals surface area (Å²) in [6.45, 7) is 15.5. The fourth-order valence-corrected chi connectivity index (χ4v) is 5.37. The zero-order chi connectivity index (χ0) is 28.0. The van der Waals surface area contributed by atoms with E-state index in [-0.39, 0.29) is 11.3 Å². The first-order chi connectivity index (χ1) is 19.5. The number of benzene rings is 3. The highest BCUT2D eigenvalue weighted by atomic mass is 16.5.